The molecule has 0 aliphatic carbocycles. The summed E-state index contributed by atoms with van der Waals surface area (Å²) in [4.78, 5) is 26.0. The lowest BCUT2D eigenvalue weighted by Crippen LogP contribution is -2.44. The molecule has 5 nitrogen and oxygen atoms in total. The van der Waals surface area contributed by atoms with Gasteiger partial charge in [-0.15, -0.1) is 0 Å². The minimum absolute atomic E-state index is 0.229. The van der Waals surface area contributed by atoms with Gasteiger partial charge < -0.3 is 4.57 Å². The maximum atomic E-state index is 14.4. The summed E-state index contributed by atoms with van der Waals surface area (Å²) in [7, 11) is 0. The third-order valence-corrected chi connectivity index (χ3v) is 7.20. The van der Waals surface area contributed by atoms with Crippen molar-refractivity contribution in [1.82, 2.24) is 15.0 Å². The Morgan fingerprint density at radius 3 is 2.57 bits per heavy atom. The SMILES string of the molecule is O=C(NN1C(=O)/C(=C/c2cn(Cc3c(F)cccc3Cl)c3ccccc23)SC1=S)c1ccccc1. The first-order valence-electron chi connectivity index (χ1n) is 10.6. The van der Waals surface area contributed by atoms with E-state index in [1.165, 1.54) is 6.07 Å². The van der Waals surface area contributed by atoms with Crippen molar-refractivity contribution in [2.24, 2.45) is 0 Å². The number of para-hydroxylation sites is 1. The van der Waals surface area contributed by atoms with Gasteiger partial charge in [-0.3, -0.25) is 15.0 Å². The Labute approximate surface area is 215 Å². The van der Waals surface area contributed by atoms with Gasteiger partial charge in [-0.1, -0.05) is 65.8 Å². The fourth-order valence-electron chi connectivity index (χ4n) is 3.84. The molecule has 2 heterocycles. The number of hydrazine groups is 1. The molecule has 2 amide bonds. The molecular formula is C26H17ClFN3O2S2. The summed E-state index contributed by atoms with van der Waals surface area (Å²) < 4.78 is 16.5. The number of nitrogens with one attached hydrogen (secondary N) is 1. The number of aromatic nitrogens is 1. The Kier molecular flexibility index (Phi) is 6.42. The Balaban J connectivity index is 1.46. The van der Waals surface area contributed by atoms with E-state index < -0.39 is 11.8 Å². The maximum absolute atomic E-state index is 14.4. The second-order valence-electron chi connectivity index (χ2n) is 7.75. The minimum Gasteiger partial charge on any atom is -0.342 e. The Morgan fingerprint density at radius 1 is 1.06 bits per heavy atom. The Hall–Kier alpha value is -3.46. The van der Waals surface area contributed by atoms with Crippen LogP contribution in [0.15, 0.2) is 83.9 Å². The van der Waals surface area contributed by atoms with Crippen molar-refractivity contribution >= 4 is 68.7 Å². The molecule has 1 saturated heterocycles. The van der Waals surface area contributed by atoms with E-state index in [-0.39, 0.29) is 16.7 Å². The number of nitrogens with zero attached hydrogens (tertiary/aromatic N) is 2. The van der Waals surface area contributed by atoms with Gasteiger partial charge in [0, 0.05) is 38.8 Å². The van der Waals surface area contributed by atoms with Crippen molar-refractivity contribution in [3.8, 4) is 0 Å². The van der Waals surface area contributed by atoms with Crippen LogP contribution < -0.4 is 5.43 Å². The van der Waals surface area contributed by atoms with Gasteiger partial charge in [-0.05, 0) is 48.6 Å². The number of fused-ring (bicyclic) bond motifs is 1. The van der Waals surface area contributed by atoms with E-state index >= 15 is 0 Å². The molecule has 1 fully saturated rings. The highest BCUT2D eigenvalue weighted by Crippen LogP contribution is 2.34. The first-order valence-corrected chi connectivity index (χ1v) is 12.2. The smallest absolute Gasteiger partial charge is 0.285 e. The largest absolute Gasteiger partial charge is 0.342 e. The molecule has 4 aromatic rings. The molecular weight excluding hydrogens is 505 g/mol. The zero-order chi connectivity index (χ0) is 24.5. The molecule has 0 bridgehead atoms. The second-order valence-corrected chi connectivity index (χ2v) is 9.84. The Bertz CT molecular complexity index is 1500. The molecule has 0 spiro atoms. The first-order chi connectivity index (χ1) is 16.9. The van der Waals surface area contributed by atoms with Gasteiger partial charge >= 0.3 is 0 Å². The summed E-state index contributed by atoms with van der Waals surface area (Å²) in [6, 6.07) is 20.8. The molecule has 1 aromatic heterocycles. The number of carbonyl (C=O) groups excluding carboxylic acids is 2. The number of halogens is 2. The van der Waals surface area contributed by atoms with Crippen LogP contribution in [0, 0.1) is 5.82 Å². The molecule has 5 rings (SSSR count). The molecule has 35 heavy (non-hydrogen) atoms. The summed E-state index contributed by atoms with van der Waals surface area (Å²) in [5, 5.41) is 2.32. The summed E-state index contributed by atoms with van der Waals surface area (Å²) in [6.07, 6.45) is 3.58. The van der Waals surface area contributed by atoms with Crippen LogP contribution in [0.5, 0.6) is 0 Å². The molecule has 9 heteroatoms. The number of amides is 2. The van der Waals surface area contributed by atoms with Gasteiger partial charge in [0.25, 0.3) is 11.8 Å². The molecule has 0 unspecified atom stereocenters. The molecule has 0 atom stereocenters. The first kappa shape index (κ1) is 23.3. The standard InChI is InChI=1S/C26H17ClFN3O2S2/c27-20-10-6-11-21(28)19(20)15-30-14-17(18-9-4-5-12-22(18)30)13-23-25(33)31(26(34)35-23)29-24(32)16-7-2-1-3-8-16/h1-14H,15H2,(H,29,32)/b23-13-. The molecule has 174 valence electrons. The number of thioether (sulfide) groups is 1. The summed E-state index contributed by atoms with van der Waals surface area (Å²) >= 11 is 12.7. The number of carbonyl (C=O) groups is 2. The molecule has 1 aliphatic rings. The monoisotopic (exact) mass is 521 g/mol. The van der Waals surface area contributed by atoms with Crippen molar-refractivity contribution in [2.75, 3.05) is 0 Å². The topological polar surface area (TPSA) is 54.3 Å². The summed E-state index contributed by atoms with van der Waals surface area (Å²) in [5.74, 6) is -1.23. The van der Waals surface area contributed by atoms with Crippen LogP contribution in [-0.4, -0.2) is 25.7 Å². The number of thiocarbonyl (C=S) groups is 1. The molecule has 0 radical (unpaired) electrons. The minimum atomic E-state index is -0.429. The highest BCUT2D eigenvalue weighted by Gasteiger charge is 2.34. The molecule has 0 saturated carbocycles. The van der Waals surface area contributed by atoms with Gasteiger partial charge in [-0.25, -0.2) is 4.39 Å². The normalized spacial score (nSPS) is 14.8. The fourth-order valence-corrected chi connectivity index (χ4v) is 5.23. The van der Waals surface area contributed by atoms with E-state index in [0.717, 1.165) is 33.2 Å². The van der Waals surface area contributed by atoms with Crippen LogP contribution in [0.3, 0.4) is 0 Å². The number of hydrogen-bond donors (Lipinski definition) is 1. The van der Waals surface area contributed by atoms with Gasteiger partial charge in [0.05, 0.1) is 11.4 Å². The van der Waals surface area contributed by atoms with E-state index in [1.54, 1.807) is 48.5 Å². The van der Waals surface area contributed by atoms with Crippen molar-refractivity contribution in [3.63, 3.8) is 0 Å². The number of benzene rings is 3. The number of hydrogen-bond acceptors (Lipinski definition) is 4. The van der Waals surface area contributed by atoms with Crippen molar-refractivity contribution in [2.45, 2.75) is 6.54 Å². The second kappa shape index (κ2) is 9.65. The zero-order valence-corrected chi connectivity index (χ0v) is 20.5. The predicted molar refractivity (Wildman–Crippen MR) is 141 cm³/mol. The number of rotatable bonds is 5. The maximum Gasteiger partial charge on any atom is 0.285 e. The van der Waals surface area contributed by atoms with Crippen LogP contribution in [0.2, 0.25) is 5.02 Å². The van der Waals surface area contributed by atoms with Crippen LogP contribution in [0.25, 0.3) is 17.0 Å². The fraction of sp³-hybridized carbons (Fsp3) is 0.0385. The van der Waals surface area contributed by atoms with E-state index in [4.69, 9.17) is 23.8 Å². The van der Waals surface area contributed by atoms with Gasteiger partial charge in [0.1, 0.15) is 5.82 Å². The van der Waals surface area contributed by atoms with Crippen LogP contribution in [0.1, 0.15) is 21.5 Å². The highest BCUT2D eigenvalue weighted by molar-refractivity contribution is 8.26. The van der Waals surface area contributed by atoms with Crippen molar-refractivity contribution in [3.05, 3.63) is 111 Å². The highest BCUT2D eigenvalue weighted by atomic mass is 35.5. The van der Waals surface area contributed by atoms with Gasteiger partial charge in [0.2, 0.25) is 0 Å². The van der Waals surface area contributed by atoms with Crippen molar-refractivity contribution in [1.29, 1.82) is 0 Å². The third-order valence-electron chi connectivity index (χ3n) is 5.54. The van der Waals surface area contributed by atoms with Gasteiger partial charge in [0.15, 0.2) is 4.32 Å². The lowest BCUT2D eigenvalue weighted by molar-refractivity contribution is -0.123. The lowest BCUT2D eigenvalue weighted by Gasteiger charge is -2.15. The van der Waals surface area contributed by atoms with E-state index in [0.29, 0.717) is 21.1 Å². The van der Waals surface area contributed by atoms with Crippen LogP contribution >= 0.6 is 35.6 Å². The molecule has 3 aromatic carbocycles. The summed E-state index contributed by atoms with van der Waals surface area (Å²) in [5.41, 5.74) is 5.01. The lowest BCUT2D eigenvalue weighted by atomic mass is 10.1. The zero-order valence-electron chi connectivity index (χ0n) is 18.1. The predicted octanol–water partition coefficient (Wildman–Crippen LogP) is 6.03. The average molecular weight is 522 g/mol. The van der Waals surface area contributed by atoms with Gasteiger partial charge in [-0.2, -0.15) is 5.01 Å². The summed E-state index contributed by atoms with van der Waals surface area (Å²) in [6.45, 7) is 0.230. The van der Waals surface area contributed by atoms with Crippen molar-refractivity contribution < 1.29 is 14.0 Å². The van der Waals surface area contributed by atoms with Crippen LogP contribution in [0.4, 0.5) is 4.39 Å². The molecule has 1 aliphatic heterocycles. The third kappa shape index (κ3) is 4.60. The van der Waals surface area contributed by atoms with E-state index in [9.17, 15) is 14.0 Å². The molecule has 1 N–H and O–H groups in total. The average Bonchev–Trinajstić information content (AvgIpc) is 3.34. The van der Waals surface area contributed by atoms with Crippen LogP contribution in [-0.2, 0) is 11.3 Å². The quantitative estimate of drug-likeness (QED) is 0.257. The van der Waals surface area contributed by atoms with E-state index in [1.807, 2.05) is 35.0 Å². The van der Waals surface area contributed by atoms with E-state index in [2.05, 4.69) is 5.43 Å². The Morgan fingerprint density at radius 2 is 1.80 bits per heavy atom.